The highest BCUT2D eigenvalue weighted by Gasteiger charge is 2.52. The molecule has 0 N–H and O–H groups in total. The van der Waals surface area contributed by atoms with Gasteiger partial charge in [-0.15, -0.1) is 0 Å². The van der Waals surface area contributed by atoms with E-state index >= 15 is 0 Å². The third-order valence-electron chi connectivity index (χ3n) is 5.19. The van der Waals surface area contributed by atoms with Crippen molar-refractivity contribution in [2.24, 2.45) is 0 Å². The van der Waals surface area contributed by atoms with Crippen molar-refractivity contribution in [2.45, 2.75) is 24.7 Å². The predicted octanol–water partition coefficient (Wildman–Crippen LogP) is 4.67. The Hall–Kier alpha value is -2.81. The van der Waals surface area contributed by atoms with Crippen molar-refractivity contribution < 1.29 is 14.3 Å². The first-order valence-electron chi connectivity index (χ1n) is 9.01. The number of ether oxygens (including phenoxy) is 2. The van der Waals surface area contributed by atoms with Crippen molar-refractivity contribution in [2.75, 3.05) is 13.7 Å². The fraction of sp³-hybridized carbons (Fsp3) is 0.261. The van der Waals surface area contributed by atoms with Gasteiger partial charge in [0.25, 0.3) is 0 Å². The fourth-order valence-corrected chi connectivity index (χ4v) is 3.50. The van der Waals surface area contributed by atoms with Gasteiger partial charge in [0, 0.05) is 6.42 Å². The van der Waals surface area contributed by atoms with E-state index in [2.05, 4.69) is 42.5 Å². The Kier molecular flexibility index (Phi) is 4.37. The van der Waals surface area contributed by atoms with E-state index in [4.69, 9.17) is 9.47 Å². The molecular formula is C23H22O3. The number of benzene rings is 3. The summed E-state index contributed by atoms with van der Waals surface area (Å²) in [5.74, 6) is 0.657. The summed E-state index contributed by atoms with van der Waals surface area (Å²) < 4.78 is 10.9. The Morgan fingerprint density at radius 3 is 2.54 bits per heavy atom. The van der Waals surface area contributed by atoms with Crippen LogP contribution in [0.3, 0.4) is 0 Å². The normalized spacial score (nSPS) is 14.8. The third kappa shape index (κ3) is 3.17. The molecule has 3 aromatic rings. The maximum atomic E-state index is 12.1. The number of hydrogen-bond acceptors (Lipinski definition) is 3. The number of carbonyl (C=O) groups is 1. The van der Waals surface area contributed by atoms with Gasteiger partial charge in [0.2, 0.25) is 0 Å². The van der Waals surface area contributed by atoms with E-state index < -0.39 is 5.41 Å². The molecule has 0 atom stereocenters. The molecule has 3 nitrogen and oxygen atoms in total. The Bertz CT molecular complexity index is 941. The Labute approximate surface area is 153 Å². The van der Waals surface area contributed by atoms with Gasteiger partial charge in [0.05, 0.1) is 19.1 Å². The van der Waals surface area contributed by atoms with Crippen LogP contribution >= 0.6 is 0 Å². The molecule has 3 aromatic carbocycles. The molecule has 1 aliphatic rings. The molecule has 1 aliphatic carbocycles. The largest absolute Gasteiger partial charge is 0.493 e. The summed E-state index contributed by atoms with van der Waals surface area (Å²) in [7, 11) is 1.45. The molecular weight excluding hydrogens is 324 g/mol. The second-order valence-corrected chi connectivity index (χ2v) is 6.88. The van der Waals surface area contributed by atoms with E-state index in [1.807, 2.05) is 24.3 Å². The molecule has 26 heavy (non-hydrogen) atoms. The maximum Gasteiger partial charge on any atom is 0.316 e. The average molecular weight is 346 g/mol. The lowest BCUT2D eigenvalue weighted by atomic mass is 9.96. The Morgan fingerprint density at radius 2 is 1.77 bits per heavy atom. The quantitative estimate of drug-likeness (QED) is 0.609. The van der Waals surface area contributed by atoms with Crippen molar-refractivity contribution in [1.82, 2.24) is 0 Å². The van der Waals surface area contributed by atoms with Crippen LogP contribution in [0.15, 0.2) is 66.7 Å². The van der Waals surface area contributed by atoms with Crippen molar-refractivity contribution in [3.8, 4) is 5.75 Å². The SMILES string of the molecule is COC(=O)C1(c2cccc(OCCc3ccc4ccccc4c3)c2)CC1. The summed E-state index contributed by atoms with van der Waals surface area (Å²) in [5, 5.41) is 2.50. The second-order valence-electron chi connectivity index (χ2n) is 6.88. The van der Waals surface area contributed by atoms with Gasteiger partial charge in [-0.25, -0.2) is 0 Å². The summed E-state index contributed by atoms with van der Waals surface area (Å²) in [6.45, 7) is 0.604. The molecule has 0 saturated heterocycles. The molecule has 0 radical (unpaired) electrons. The lowest BCUT2D eigenvalue weighted by molar-refractivity contribution is -0.143. The zero-order chi connectivity index (χ0) is 18.0. The zero-order valence-electron chi connectivity index (χ0n) is 14.9. The summed E-state index contributed by atoms with van der Waals surface area (Å²) in [6.07, 6.45) is 2.54. The smallest absolute Gasteiger partial charge is 0.316 e. The molecule has 0 heterocycles. The average Bonchev–Trinajstić information content (AvgIpc) is 3.50. The minimum atomic E-state index is -0.452. The molecule has 132 valence electrons. The van der Waals surface area contributed by atoms with Crippen LogP contribution in [0.4, 0.5) is 0 Å². The van der Waals surface area contributed by atoms with Crippen LogP contribution in [-0.2, 0) is 21.4 Å². The van der Waals surface area contributed by atoms with Gasteiger partial charge < -0.3 is 9.47 Å². The lowest BCUT2D eigenvalue weighted by Crippen LogP contribution is -2.21. The molecule has 4 rings (SSSR count). The first kappa shape index (κ1) is 16.6. The number of fused-ring (bicyclic) bond motifs is 1. The van der Waals surface area contributed by atoms with E-state index in [0.717, 1.165) is 30.6 Å². The standard InChI is InChI=1S/C23H22O3/c1-25-22(24)23(12-13-23)20-7-4-8-21(16-20)26-14-11-17-9-10-18-5-2-3-6-19(18)15-17/h2-10,15-16H,11-14H2,1H3. The lowest BCUT2D eigenvalue weighted by Gasteiger charge is -2.14. The zero-order valence-corrected chi connectivity index (χ0v) is 14.9. The van der Waals surface area contributed by atoms with Crippen LogP contribution in [0.1, 0.15) is 24.0 Å². The number of methoxy groups -OCH3 is 1. The van der Waals surface area contributed by atoms with E-state index in [0.29, 0.717) is 6.61 Å². The maximum absolute atomic E-state index is 12.1. The van der Waals surface area contributed by atoms with Gasteiger partial charge >= 0.3 is 5.97 Å². The number of hydrogen-bond donors (Lipinski definition) is 0. The molecule has 0 aliphatic heterocycles. The fourth-order valence-electron chi connectivity index (χ4n) is 3.50. The van der Waals surface area contributed by atoms with E-state index in [1.165, 1.54) is 23.4 Å². The van der Waals surface area contributed by atoms with Crippen LogP contribution in [0.2, 0.25) is 0 Å². The highest BCUT2D eigenvalue weighted by molar-refractivity contribution is 5.86. The first-order valence-corrected chi connectivity index (χ1v) is 9.01. The predicted molar refractivity (Wildman–Crippen MR) is 103 cm³/mol. The van der Waals surface area contributed by atoms with Crippen LogP contribution in [0.5, 0.6) is 5.75 Å². The highest BCUT2D eigenvalue weighted by Crippen LogP contribution is 2.49. The van der Waals surface area contributed by atoms with Gasteiger partial charge in [0.15, 0.2) is 0 Å². The van der Waals surface area contributed by atoms with Gasteiger partial charge in [-0.05, 0) is 46.9 Å². The van der Waals surface area contributed by atoms with Crippen LogP contribution in [0.25, 0.3) is 10.8 Å². The van der Waals surface area contributed by atoms with Gasteiger partial charge in [-0.1, -0.05) is 54.6 Å². The minimum Gasteiger partial charge on any atom is -0.493 e. The summed E-state index contributed by atoms with van der Waals surface area (Å²) >= 11 is 0. The number of carbonyl (C=O) groups excluding carboxylic acids is 1. The van der Waals surface area contributed by atoms with E-state index in [9.17, 15) is 4.79 Å². The summed E-state index contributed by atoms with van der Waals surface area (Å²) in [6, 6.07) is 22.7. The van der Waals surface area contributed by atoms with Crippen LogP contribution in [0, 0.1) is 0 Å². The highest BCUT2D eigenvalue weighted by atomic mass is 16.5. The van der Waals surface area contributed by atoms with Gasteiger partial charge in [-0.3, -0.25) is 4.79 Å². The monoisotopic (exact) mass is 346 g/mol. The minimum absolute atomic E-state index is 0.147. The molecule has 0 amide bonds. The molecule has 0 spiro atoms. The molecule has 1 saturated carbocycles. The summed E-state index contributed by atoms with van der Waals surface area (Å²) in [4.78, 5) is 12.1. The Morgan fingerprint density at radius 1 is 0.962 bits per heavy atom. The van der Waals surface area contributed by atoms with Crippen molar-refractivity contribution >= 4 is 16.7 Å². The molecule has 1 fully saturated rings. The number of rotatable bonds is 6. The van der Waals surface area contributed by atoms with Crippen molar-refractivity contribution in [1.29, 1.82) is 0 Å². The van der Waals surface area contributed by atoms with Crippen molar-refractivity contribution in [3.05, 3.63) is 77.9 Å². The molecule has 3 heteroatoms. The van der Waals surface area contributed by atoms with Gasteiger partial charge in [0.1, 0.15) is 5.75 Å². The third-order valence-corrected chi connectivity index (χ3v) is 5.19. The van der Waals surface area contributed by atoms with Gasteiger partial charge in [-0.2, -0.15) is 0 Å². The topological polar surface area (TPSA) is 35.5 Å². The molecule has 0 unspecified atom stereocenters. The summed E-state index contributed by atoms with van der Waals surface area (Å²) in [5.41, 5.74) is 1.80. The molecule has 0 bridgehead atoms. The van der Waals surface area contributed by atoms with Crippen LogP contribution < -0.4 is 4.74 Å². The second kappa shape index (κ2) is 6.83. The number of esters is 1. The Balaban J connectivity index is 1.42. The molecule has 0 aromatic heterocycles. The van der Waals surface area contributed by atoms with E-state index in [-0.39, 0.29) is 5.97 Å². The van der Waals surface area contributed by atoms with Crippen molar-refractivity contribution in [3.63, 3.8) is 0 Å². The van der Waals surface area contributed by atoms with Crippen LogP contribution in [-0.4, -0.2) is 19.7 Å². The first-order chi connectivity index (χ1) is 12.7. The van der Waals surface area contributed by atoms with E-state index in [1.54, 1.807) is 0 Å².